The molecule has 3 N–H and O–H groups in total. The van der Waals surface area contributed by atoms with Crippen molar-refractivity contribution >= 4 is 12.1 Å². The highest BCUT2D eigenvalue weighted by Gasteiger charge is 1.98. The lowest BCUT2D eigenvalue weighted by Crippen LogP contribution is -2.13. The molecule has 0 aliphatic carbocycles. The second-order valence-electron chi connectivity index (χ2n) is 2.17. The predicted molar refractivity (Wildman–Crippen MR) is 49.3 cm³/mol. The van der Waals surface area contributed by atoms with E-state index in [1.54, 1.807) is 19.3 Å². The van der Waals surface area contributed by atoms with Gasteiger partial charge in [-0.15, -0.1) is 0 Å². The summed E-state index contributed by atoms with van der Waals surface area (Å²) in [7, 11) is 1.64. The molecule has 4 nitrogen and oxygen atoms in total. The van der Waals surface area contributed by atoms with E-state index in [0.29, 0.717) is 18.4 Å². The van der Waals surface area contributed by atoms with Crippen molar-refractivity contribution in [3.63, 3.8) is 0 Å². The monoisotopic (exact) mass is 164 g/mol. The molecule has 0 fully saturated rings. The fraction of sp³-hybridized carbons (Fsp3) is 0.375. The highest BCUT2D eigenvalue weighted by molar-refractivity contribution is 5.98. The van der Waals surface area contributed by atoms with E-state index in [1.807, 2.05) is 6.07 Å². The Bertz CT molecular complexity index is 244. The van der Waals surface area contributed by atoms with Crippen molar-refractivity contribution in [1.29, 1.82) is 10.7 Å². The minimum atomic E-state index is 0.00477. The largest absolute Gasteiger partial charge is 0.384 e. The summed E-state index contributed by atoms with van der Waals surface area (Å²) in [6.07, 6.45) is 4.11. The zero-order valence-corrected chi connectivity index (χ0v) is 7.04. The average Bonchev–Trinajstić information content (AvgIpc) is 2.04. The molecule has 12 heavy (non-hydrogen) atoms. The normalized spacial score (nSPS) is 11.5. The first-order valence-electron chi connectivity index (χ1n) is 3.55. The molecule has 64 valence electrons. The van der Waals surface area contributed by atoms with Gasteiger partial charge in [0, 0.05) is 19.7 Å². The maximum absolute atomic E-state index is 8.30. The number of hydrogen-bond donors (Lipinski definition) is 2. The molecule has 0 aliphatic heterocycles. The quantitative estimate of drug-likeness (QED) is 0.476. The zero-order valence-electron chi connectivity index (χ0n) is 7.04. The van der Waals surface area contributed by atoms with Crippen molar-refractivity contribution in [3.8, 4) is 6.07 Å². The molecule has 0 saturated carbocycles. The Hall–Kier alpha value is -1.63. The Balaban J connectivity index is 4.25. The molecule has 0 saturated heterocycles. The van der Waals surface area contributed by atoms with E-state index in [2.05, 4.69) is 4.99 Å². The number of allylic oxidation sites excluding steroid dienone is 1. The SMILES string of the molecule is CN=C/C=C(\CCC#N)C(=N)N. The first-order chi connectivity index (χ1) is 5.72. The van der Waals surface area contributed by atoms with Crippen LogP contribution < -0.4 is 5.73 Å². The van der Waals surface area contributed by atoms with E-state index in [1.165, 1.54) is 0 Å². The van der Waals surface area contributed by atoms with Crippen LogP contribution in [0, 0.1) is 16.7 Å². The number of nitrogens with one attached hydrogen (secondary N) is 1. The molecule has 0 heterocycles. The van der Waals surface area contributed by atoms with Gasteiger partial charge >= 0.3 is 0 Å². The van der Waals surface area contributed by atoms with Gasteiger partial charge in [-0.1, -0.05) is 0 Å². The number of nitrogens with zero attached hydrogens (tertiary/aromatic N) is 2. The minimum Gasteiger partial charge on any atom is -0.384 e. The molecule has 0 spiro atoms. The van der Waals surface area contributed by atoms with Gasteiger partial charge in [-0.2, -0.15) is 5.26 Å². The van der Waals surface area contributed by atoms with Gasteiger partial charge in [0.2, 0.25) is 0 Å². The van der Waals surface area contributed by atoms with E-state index in [4.69, 9.17) is 16.4 Å². The van der Waals surface area contributed by atoms with Crippen LogP contribution in [0.1, 0.15) is 12.8 Å². The van der Waals surface area contributed by atoms with Crippen molar-refractivity contribution in [2.24, 2.45) is 10.7 Å². The van der Waals surface area contributed by atoms with Crippen LogP contribution >= 0.6 is 0 Å². The van der Waals surface area contributed by atoms with Crippen LogP contribution in [0.15, 0.2) is 16.6 Å². The van der Waals surface area contributed by atoms with Gasteiger partial charge in [-0.05, 0) is 18.1 Å². The molecule has 0 aromatic rings. The fourth-order valence-corrected chi connectivity index (χ4v) is 0.663. The number of nitriles is 1. The third kappa shape index (κ3) is 4.23. The summed E-state index contributed by atoms with van der Waals surface area (Å²) in [5.41, 5.74) is 5.92. The molecule has 0 aromatic carbocycles. The molecule has 0 amide bonds. The topological polar surface area (TPSA) is 86.0 Å². The van der Waals surface area contributed by atoms with Crippen LogP contribution in [0.2, 0.25) is 0 Å². The second kappa shape index (κ2) is 6.10. The zero-order chi connectivity index (χ0) is 9.40. The highest BCUT2D eigenvalue weighted by atomic mass is 14.7. The highest BCUT2D eigenvalue weighted by Crippen LogP contribution is 2.02. The molecule has 4 heteroatoms. The summed E-state index contributed by atoms with van der Waals surface area (Å²) in [5.74, 6) is 0.00477. The maximum atomic E-state index is 8.30. The van der Waals surface area contributed by atoms with Crippen molar-refractivity contribution < 1.29 is 0 Å². The third-order valence-corrected chi connectivity index (χ3v) is 1.28. The Morgan fingerprint density at radius 1 is 1.75 bits per heavy atom. The van der Waals surface area contributed by atoms with Gasteiger partial charge in [0.1, 0.15) is 5.84 Å². The second-order valence-corrected chi connectivity index (χ2v) is 2.17. The van der Waals surface area contributed by atoms with Gasteiger partial charge in [-0.25, -0.2) is 0 Å². The summed E-state index contributed by atoms with van der Waals surface area (Å²) in [6, 6.07) is 1.99. The van der Waals surface area contributed by atoms with Crippen LogP contribution in [0.25, 0.3) is 0 Å². The molecule has 0 rings (SSSR count). The number of nitrogens with two attached hydrogens (primary N) is 1. The molecule has 0 bridgehead atoms. The number of hydrogen-bond acceptors (Lipinski definition) is 3. The van der Waals surface area contributed by atoms with Gasteiger partial charge in [0.05, 0.1) is 6.07 Å². The van der Waals surface area contributed by atoms with Crippen LogP contribution in [0.5, 0.6) is 0 Å². The van der Waals surface area contributed by atoms with Crippen LogP contribution in [0.3, 0.4) is 0 Å². The predicted octanol–water partition coefficient (Wildman–Crippen LogP) is 0.853. The summed E-state index contributed by atoms with van der Waals surface area (Å²) < 4.78 is 0. The van der Waals surface area contributed by atoms with E-state index in [9.17, 15) is 0 Å². The maximum Gasteiger partial charge on any atom is 0.118 e. The molecule has 0 atom stereocenters. The Kier molecular flexibility index (Phi) is 5.28. The molecular formula is C8H12N4. The molecule has 0 unspecified atom stereocenters. The van der Waals surface area contributed by atoms with Gasteiger partial charge in [0.15, 0.2) is 0 Å². The van der Waals surface area contributed by atoms with E-state index >= 15 is 0 Å². The van der Waals surface area contributed by atoms with Crippen molar-refractivity contribution in [2.75, 3.05) is 7.05 Å². The summed E-state index contributed by atoms with van der Waals surface area (Å²) >= 11 is 0. The van der Waals surface area contributed by atoms with Gasteiger partial charge < -0.3 is 5.73 Å². The molecular weight excluding hydrogens is 152 g/mol. The summed E-state index contributed by atoms with van der Waals surface area (Å²) in [5, 5.41) is 15.4. The lowest BCUT2D eigenvalue weighted by molar-refractivity contribution is 1.02. The van der Waals surface area contributed by atoms with Crippen molar-refractivity contribution in [1.82, 2.24) is 0 Å². The van der Waals surface area contributed by atoms with Crippen molar-refractivity contribution in [2.45, 2.75) is 12.8 Å². The molecule has 0 radical (unpaired) electrons. The Labute approximate surface area is 71.9 Å². The van der Waals surface area contributed by atoms with Gasteiger partial charge in [0.25, 0.3) is 0 Å². The van der Waals surface area contributed by atoms with Crippen LogP contribution in [-0.2, 0) is 0 Å². The Morgan fingerprint density at radius 3 is 2.83 bits per heavy atom. The Morgan fingerprint density at radius 2 is 2.42 bits per heavy atom. The van der Waals surface area contributed by atoms with Crippen molar-refractivity contribution in [3.05, 3.63) is 11.6 Å². The minimum absolute atomic E-state index is 0.00477. The number of amidine groups is 1. The van der Waals surface area contributed by atoms with E-state index in [-0.39, 0.29) is 5.84 Å². The first kappa shape index (κ1) is 10.4. The third-order valence-electron chi connectivity index (χ3n) is 1.28. The number of aliphatic imine (C=N–C) groups is 1. The summed E-state index contributed by atoms with van der Waals surface area (Å²) in [6.45, 7) is 0. The standard InChI is InChI=1S/C8H12N4/c1-12-6-4-7(8(10)11)3-2-5-9/h4,6H,2-3H2,1H3,(H3,10,11)/b7-4+,12-6?. The lowest BCUT2D eigenvalue weighted by Gasteiger charge is -1.99. The lowest BCUT2D eigenvalue weighted by atomic mass is 10.1. The van der Waals surface area contributed by atoms with E-state index in [0.717, 1.165) is 0 Å². The van der Waals surface area contributed by atoms with Gasteiger partial charge in [-0.3, -0.25) is 10.4 Å². The molecule has 0 aromatic heterocycles. The smallest absolute Gasteiger partial charge is 0.118 e. The average molecular weight is 164 g/mol. The summed E-state index contributed by atoms with van der Waals surface area (Å²) in [4.78, 5) is 3.73. The van der Waals surface area contributed by atoms with Crippen LogP contribution in [-0.4, -0.2) is 19.1 Å². The van der Waals surface area contributed by atoms with Crippen LogP contribution in [0.4, 0.5) is 0 Å². The van der Waals surface area contributed by atoms with E-state index < -0.39 is 0 Å². The first-order valence-corrected chi connectivity index (χ1v) is 3.55. The number of rotatable bonds is 4. The molecule has 0 aliphatic rings. The fourth-order valence-electron chi connectivity index (χ4n) is 0.663.